The Morgan fingerprint density at radius 2 is 1.95 bits per heavy atom. The molecule has 0 spiro atoms. The summed E-state index contributed by atoms with van der Waals surface area (Å²) in [7, 11) is 0. The fraction of sp³-hybridized carbons (Fsp3) is 0.231. The fourth-order valence-electron chi connectivity index (χ4n) is 1.81. The Labute approximate surface area is 118 Å². The number of carbonyl (C=O) groups is 1. The lowest BCUT2D eigenvalue weighted by Crippen LogP contribution is -2.21. The molecule has 0 radical (unpaired) electrons. The summed E-state index contributed by atoms with van der Waals surface area (Å²) in [6, 6.07) is 1.68. The highest BCUT2D eigenvalue weighted by Gasteiger charge is 2.16. The maximum atomic E-state index is 13.4. The minimum absolute atomic E-state index is 0.220. The van der Waals surface area contributed by atoms with E-state index in [1.807, 2.05) is 0 Å². The van der Waals surface area contributed by atoms with Gasteiger partial charge in [0.05, 0.1) is 22.8 Å². The number of rotatable bonds is 3. The lowest BCUT2D eigenvalue weighted by molar-refractivity contribution is -0.117. The third-order valence-electron chi connectivity index (χ3n) is 3.04. The Morgan fingerprint density at radius 1 is 1.29 bits per heavy atom. The second-order valence-electron chi connectivity index (χ2n) is 4.51. The third-order valence-corrected chi connectivity index (χ3v) is 3.04. The van der Waals surface area contributed by atoms with Crippen LogP contribution in [0.4, 0.5) is 24.5 Å². The molecule has 1 aromatic heterocycles. The Morgan fingerprint density at radius 3 is 2.52 bits per heavy atom. The highest BCUT2D eigenvalue weighted by atomic mass is 19.2. The van der Waals surface area contributed by atoms with Crippen LogP contribution in [-0.2, 0) is 11.3 Å². The molecule has 3 N–H and O–H groups in total. The minimum atomic E-state index is -1.64. The monoisotopic (exact) mass is 298 g/mol. The van der Waals surface area contributed by atoms with E-state index in [9.17, 15) is 18.0 Å². The number of nitrogen functional groups attached to an aromatic ring is 1. The van der Waals surface area contributed by atoms with Crippen LogP contribution >= 0.6 is 0 Å². The summed E-state index contributed by atoms with van der Waals surface area (Å²) in [4.78, 5) is 11.8. The van der Waals surface area contributed by atoms with Crippen molar-refractivity contribution >= 4 is 17.3 Å². The largest absolute Gasteiger partial charge is 0.396 e. The van der Waals surface area contributed by atoms with Crippen molar-refractivity contribution in [2.45, 2.75) is 20.4 Å². The van der Waals surface area contributed by atoms with Crippen molar-refractivity contribution in [3.8, 4) is 0 Å². The van der Waals surface area contributed by atoms with Gasteiger partial charge in [0.15, 0.2) is 17.5 Å². The summed E-state index contributed by atoms with van der Waals surface area (Å²) in [5.41, 5.74) is 6.91. The van der Waals surface area contributed by atoms with E-state index < -0.39 is 29.0 Å². The number of halogens is 3. The lowest BCUT2D eigenvalue weighted by Gasteiger charge is -2.08. The average molecular weight is 298 g/mol. The predicted octanol–water partition coefficient (Wildman–Crippen LogP) is 2.14. The van der Waals surface area contributed by atoms with Gasteiger partial charge in [-0.2, -0.15) is 5.10 Å². The number of hydrogen-bond donors (Lipinski definition) is 2. The molecular weight excluding hydrogens is 285 g/mol. The summed E-state index contributed by atoms with van der Waals surface area (Å²) in [6.45, 7) is 3.15. The summed E-state index contributed by atoms with van der Waals surface area (Å²) >= 11 is 0. The molecular formula is C13H13F3N4O. The van der Waals surface area contributed by atoms with Crippen LogP contribution in [0, 0.1) is 31.3 Å². The van der Waals surface area contributed by atoms with Gasteiger partial charge in [0.25, 0.3) is 0 Å². The van der Waals surface area contributed by atoms with E-state index in [0.29, 0.717) is 17.1 Å². The van der Waals surface area contributed by atoms with E-state index in [1.54, 1.807) is 13.8 Å². The van der Waals surface area contributed by atoms with Crippen molar-refractivity contribution in [1.82, 2.24) is 9.78 Å². The van der Waals surface area contributed by atoms with Crippen molar-refractivity contribution in [1.29, 1.82) is 0 Å². The van der Waals surface area contributed by atoms with Gasteiger partial charge in [-0.3, -0.25) is 9.48 Å². The number of anilines is 2. The summed E-state index contributed by atoms with van der Waals surface area (Å²) in [6.07, 6.45) is 0. The van der Waals surface area contributed by atoms with E-state index in [0.717, 1.165) is 12.1 Å². The maximum Gasteiger partial charge on any atom is 0.246 e. The number of nitrogens with zero attached hydrogens (tertiary/aromatic N) is 2. The number of aryl methyl sites for hydroxylation is 1. The molecule has 8 heteroatoms. The second kappa shape index (κ2) is 5.47. The highest BCUT2D eigenvalue weighted by Crippen LogP contribution is 2.20. The zero-order valence-corrected chi connectivity index (χ0v) is 11.4. The van der Waals surface area contributed by atoms with Gasteiger partial charge in [-0.05, 0) is 26.0 Å². The molecule has 0 aliphatic heterocycles. The maximum absolute atomic E-state index is 13.4. The van der Waals surface area contributed by atoms with Crippen LogP contribution in [-0.4, -0.2) is 15.7 Å². The van der Waals surface area contributed by atoms with Crippen LogP contribution in [0.5, 0.6) is 0 Å². The van der Waals surface area contributed by atoms with E-state index in [1.165, 1.54) is 4.68 Å². The van der Waals surface area contributed by atoms with Gasteiger partial charge in [-0.25, -0.2) is 13.2 Å². The summed E-state index contributed by atoms with van der Waals surface area (Å²) < 4.78 is 40.6. The van der Waals surface area contributed by atoms with Crippen molar-refractivity contribution in [2.75, 3.05) is 11.1 Å². The van der Waals surface area contributed by atoms with Gasteiger partial charge in [-0.1, -0.05) is 0 Å². The molecule has 0 saturated carbocycles. The summed E-state index contributed by atoms with van der Waals surface area (Å²) in [5, 5.41) is 6.21. The quantitative estimate of drug-likeness (QED) is 0.853. The smallest absolute Gasteiger partial charge is 0.246 e. The first-order chi connectivity index (χ1) is 9.81. The van der Waals surface area contributed by atoms with E-state index in [-0.39, 0.29) is 6.54 Å². The molecule has 1 aromatic carbocycles. The highest BCUT2D eigenvalue weighted by molar-refractivity contribution is 5.90. The first-order valence-corrected chi connectivity index (χ1v) is 6.04. The minimum Gasteiger partial charge on any atom is -0.396 e. The molecule has 21 heavy (non-hydrogen) atoms. The standard InChI is InChI=1S/C13H13F3N4O/c1-6-13(17)7(2)20(19-6)5-10(21)18-9-4-3-8(14)11(15)12(9)16/h3-4H,5,17H2,1-2H3,(H,18,21). The zero-order chi connectivity index (χ0) is 15.7. The molecule has 0 aliphatic carbocycles. The molecule has 1 amide bonds. The Hall–Kier alpha value is -2.51. The van der Waals surface area contributed by atoms with Crippen LogP contribution in [0.15, 0.2) is 12.1 Å². The first-order valence-electron chi connectivity index (χ1n) is 6.04. The van der Waals surface area contributed by atoms with E-state index in [4.69, 9.17) is 5.73 Å². The molecule has 5 nitrogen and oxygen atoms in total. The van der Waals surface area contributed by atoms with Crippen molar-refractivity contribution < 1.29 is 18.0 Å². The van der Waals surface area contributed by atoms with Gasteiger partial charge < -0.3 is 11.1 Å². The molecule has 0 atom stereocenters. The number of nitrogens with two attached hydrogens (primary N) is 1. The van der Waals surface area contributed by atoms with Crippen LogP contribution in [0.2, 0.25) is 0 Å². The molecule has 0 bridgehead atoms. The van der Waals surface area contributed by atoms with Crippen molar-refractivity contribution in [3.05, 3.63) is 41.0 Å². The van der Waals surface area contributed by atoms with Gasteiger partial charge in [-0.15, -0.1) is 0 Å². The average Bonchev–Trinajstić information content (AvgIpc) is 2.67. The lowest BCUT2D eigenvalue weighted by atomic mass is 10.2. The third kappa shape index (κ3) is 2.83. The van der Waals surface area contributed by atoms with Crippen molar-refractivity contribution in [2.24, 2.45) is 0 Å². The molecule has 0 aliphatic rings. The summed E-state index contributed by atoms with van der Waals surface area (Å²) in [5.74, 6) is -5.04. The topological polar surface area (TPSA) is 72.9 Å². The van der Waals surface area contributed by atoms with Crippen LogP contribution in [0.3, 0.4) is 0 Å². The number of amides is 1. The normalized spacial score (nSPS) is 10.7. The number of aromatic nitrogens is 2. The van der Waals surface area contributed by atoms with Crippen LogP contribution in [0.1, 0.15) is 11.4 Å². The van der Waals surface area contributed by atoms with Crippen LogP contribution < -0.4 is 11.1 Å². The van der Waals surface area contributed by atoms with Gasteiger partial charge >= 0.3 is 0 Å². The number of nitrogens with one attached hydrogen (secondary N) is 1. The van der Waals surface area contributed by atoms with Gasteiger partial charge in [0.2, 0.25) is 5.91 Å². The number of benzene rings is 1. The SMILES string of the molecule is Cc1nn(CC(=O)Nc2ccc(F)c(F)c2F)c(C)c1N. The molecule has 0 unspecified atom stereocenters. The van der Waals surface area contributed by atoms with Crippen LogP contribution in [0.25, 0.3) is 0 Å². The molecule has 2 rings (SSSR count). The second-order valence-corrected chi connectivity index (χ2v) is 4.51. The van der Waals surface area contributed by atoms with Crippen molar-refractivity contribution in [3.63, 3.8) is 0 Å². The molecule has 112 valence electrons. The van der Waals surface area contributed by atoms with E-state index in [2.05, 4.69) is 10.4 Å². The number of hydrogen-bond acceptors (Lipinski definition) is 3. The molecule has 0 fully saturated rings. The number of carbonyl (C=O) groups excluding carboxylic acids is 1. The van der Waals surface area contributed by atoms with Gasteiger partial charge in [0.1, 0.15) is 6.54 Å². The first kappa shape index (κ1) is 14.9. The van der Waals surface area contributed by atoms with Gasteiger partial charge in [0, 0.05) is 0 Å². The fourth-order valence-corrected chi connectivity index (χ4v) is 1.81. The predicted molar refractivity (Wildman–Crippen MR) is 71.1 cm³/mol. The Bertz CT molecular complexity index is 712. The van der Waals surface area contributed by atoms with E-state index >= 15 is 0 Å². The molecule has 1 heterocycles. The Balaban J connectivity index is 2.16. The molecule has 0 saturated heterocycles. The zero-order valence-electron chi connectivity index (χ0n) is 11.4. The molecule has 2 aromatic rings. The Kier molecular flexibility index (Phi) is 3.88.